The number of amides is 1. The summed E-state index contributed by atoms with van der Waals surface area (Å²) in [6, 6.07) is 16.8. The number of likely N-dealkylation sites (tertiary alicyclic amines) is 1. The summed E-state index contributed by atoms with van der Waals surface area (Å²) in [4.78, 5) is 15.6. The number of sulfonamides is 1. The van der Waals surface area contributed by atoms with Gasteiger partial charge >= 0.3 is 0 Å². The lowest BCUT2D eigenvalue weighted by Crippen LogP contribution is -2.37. The molecule has 2 aromatic rings. The van der Waals surface area contributed by atoms with Gasteiger partial charge in [-0.2, -0.15) is 4.31 Å². The second-order valence-corrected chi connectivity index (χ2v) is 10.7. The van der Waals surface area contributed by atoms with Crippen LogP contribution in [0.25, 0.3) is 0 Å². The highest BCUT2D eigenvalue weighted by Crippen LogP contribution is 2.25. The zero-order valence-corrected chi connectivity index (χ0v) is 19.4. The van der Waals surface area contributed by atoms with Crippen molar-refractivity contribution >= 4 is 15.9 Å². The van der Waals surface area contributed by atoms with E-state index in [1.54, 1.807) is 22.5 Å². The average Bonchev–Trinajstić information content (AvgIpc) is 3.20. The predicted octanol–water partition coefficient (Wildman–Crippen LogP) is 3.82. The molecule has 0 bridgehead atoms. The van der Waals surface area contributed by atoms with E-state index < -0.39 is 10.0 Å². The van der Waals surface area contributed by atoms with Crippen LogP contribution < -0.4 is 5.32 Å². The third-order valence-electron chi connectivity index (χ3n) is 6.52. The van der Waals surface area contributed by atoms with Gasteiger partial charge in [-0.25, -0.2) is 8.42 Å². The molecule has 0 aliphatic carbocycles. The quantitative estimate of drug-likeness (QED) is 0.689. The molecule has 2 aromatic carbocycles. The first-order valence-corrected chi connectivity index (χ1v) is 13.2. The fourth-order valence-electron chi connectivity index (χ4n) is 4.71. The van der Waals surface area contributed by atoms with Gasteiger partial charge in [0.05, 0.1) is 10.9 Å². The molecule has 2 aliphatic heterocycles. The van der Waals surface area contributed by atoms with E-state index >= 15 is 0 Å². The van der Waals surface area contributed by atoms with E-state index in [1.807, 2.05) is 18.2 Å². The normalized spacial score (nSPS) is 19.4. The van der Waals surface area contributed by atoms with Gasteiger partial charge < -0.3 is 5.32 Å². The summed E-state index contributed by atoms with van der Waals surface area (Å²) in [5, 5.41) is 3.05. The Morgan fingerprint density at radius 2 is 1.50 bits per heavy atom. The molecular formula is C25H33N3O3S. The molecule has 2 fully saturated rings. The van der Waals surface area contributed by atoms with Crippen molar-refractivity contribution in [2.24, 2.45) is 0 Å². The minimum Gasteiger partial charge on any atom is -0.350 e. The third kappa shape index (κ3) is 5.39. The van der Waals surface area contributed by atoms with Crippen molar-refractivity contribution < 1.29 is 13.2 Å². The van der Waals surface area contributed by atoms with Crippen LogP contribution in [0.5, 0.6) is 0 Å². The maximum atomic E-state index is 13.1. The smallest absolute Gasteiger partial charge is 0.251 e. The van der Waals surface area contributed by atoms with E-state index in [1.165, 1.54) is 24.5 Å². The van der Waals surface area contributed by atoms with Crippen molar-refractivity contribution in [1.29, 1.82) is 0 Å². The molecule has 172 valence electrons. The first kappa shape index (κ1) is 23.0. The van der Waals surface area contributed by atoms with Crippen molar-refractivity contribution in [1.82, 2.24) is 14.5 Å². The molecule has 0 radical (unpaired) electrons. The standard InChI is InChI=1S/C25H33N3O3S/c29-25(26-20-24(27-15-8-9-16-27)21-11-4-3-5-12-21)22-13-10-14-23(19-22)32(30,31)28-17-6-1-2-7-18-28/h3-5,10-14,19,24H,1-2,6-9,15-18,20H2,(H,26,29). The molecule has 7 heteroatoms. The number of carbonyl (C=O) groups excluding carboxylic acids is 1. The Labute approximate surface area is 191 Å². The molecule has 1 atom stereocenters. The Kier molecular flexibility index (Phi) is 7.60. The van der Waals surface area contributed by atoms with Crippen molar-refractivity contribution in [3.8, 4) is 0 Å². The Morgan fingerprint density at radius 3 is 2.19 bits per heavy atom. The monoisotopic (exact) mass is 455 g/mol. The average molecular weight is 456 g/mol. The maximum absolute atomic E-state index is 13.1. The van der Waals surface area contributed by atoms with Gasteiger partial charge in [0.15, 0.2) is 0 Å². The highest BCUT2D eigenvalue weighted by molar-refractivity contribution is 7.89. The van der Waals surface area contributed by atoms with E-state index in [0.29, 0.717) is 25.2 Å². The highest BCUT2D eigenvalue weighted by atomic mass is 32.2. The number of nitrogens with zero attached hydrogens (tertiary/aromatic N) is 2. The molecule has 2 saturated heterocycles. The van der Waals surface area contributed by atoms with Gasteiger partial charge in [0, 0.05) is 25.2 Å². The van der Waals surface area contributed by atoms with E-state index in [-0.39, 0.29) is 16.8 Å². The van der Waals surface area contributed by atoms with Crippen LogP contribution in [0.2, 0.25) is 0 Å². The van der Waals surface area contributed by atoms with Crippen molar-refractivity contribution in [2.45, 2.75) is 49.5 Å². The molecule has 32 heavy (non-hydrogen) atoms. The molecule has 4 rings (SSSR count). The van der Waals surface area contributed by atoms with Gasteiger partial charge in [-0.05, 0) is 62.5 Å². The fourth-order valence-corrected chi connectivity index (χ4v) is 6.27. The number of hydrogen-bond acceptors (Lipinski definition) is 4. The lowest BCUT2D eigenvalue weighted by molar-refractivity contribution is 0.0937. The van der Waals surface area contributed by atoms with Gasteiger partial charge in [0.2, 0.25) is 10.0 Å². The molecular weight excluding hydrogens is 422 g/mol. The molecule has 2 heterocycles. The molecule has 6 nitrogen and oxygen atoms in total. The number of hydrogen-bond donors (Lipinski definition) is 1. The lowest BCUT2D eigenvalue weighted by atomic mass is 10.1. The summed E-state index contributed by atoms with van der Waals surface area (Å²) >= 11 is 0. The minimum absolute atomic E-state index is 0.117. The van der Waals surface area contributed by atoms with Crippen LogP contribution in [0.1, 0.15) is 60.5 Å². The van der Waals surface area contributed by atoms with Gasteiger partial charge in [-0.1, -0.05) is 49.2 Å². The van der Waals surface area contributed by atoms with Crippen LogP contribution in [-0.2, 0) is 10.0 Å². The summed E-state index contributed by atoms with van der Waals surface area (Å²) < 4.78 is 27.8. The predicted molar refractivity (Wildman–Crippen MR) is 126 cm³/mol. The highest BCUT2D eigenvalue weighted by Gasteiger charge is 2.27. The van der Waals surface area contributed by atoms with Crippen LogP contribution in [0.3, 0.4) is 0 Å². The first-order valence-electron chi connectivity index (χ1n) is 11.7. The molecule has 1 unspecified atom stereocenters. The first-order chi connectivity index (χ1) is 15.6. The zero-order chi connectivity index (χ0) is 22.4. The van der Waals surface area contributed by atoms with Crippen LogP contribution in [0.15, 0.2) is 59.5 Å². The van der Waals surface area contributed by atoms with Crippen molar-refractivity contribution in [2.75, 3.05) is 32.7 Å². The number of benzene rings is 2. The van der Waals surface area contributed by atoms with Gasteiger partial charge in [0.25, 0.3) is 5.91 Å². The molecule has 0 aromatic heterocycles. The Bertz CT molecular complexity index is 996. The number of rotatable bonds is 7. The third-order valence-corrected chi connectivity index (χ3v) is 8.42. The molecule has 1 amide bonds. The topological polar surface area (TPSA) is 69.7 Å². The van der Waals surface area contributed by atoms with Gasteiger partial charge in [-0.3, -0.25) is 9.69 Å². The van der Waals surface area contributed by atoms with Crippen LogP contribution >= 0.6 is 0 Å². The maximum Gasteiger partial charge on any atom is 0.251 e. The summed E-state index contributed by atoms with van der Waals surface area (Å²) in [6.45, 7) is 3.64. The zero-order valence-electron chi connectivity index (χ0n) is 18.6. The van der Waals surface area contributed by atoms with E-state index in [2.05, 4.69) is 22.3 Å². The van der Waals surface area contributed by atoms with Crippen molar-refractivity contribution in [3.63, 3.8) is 0 Å². The minimum atomic E-state index is -3.58. The molecule has 2 aliphatic rings. The van der Waals surface area contributed by atoms with Crippen LogP contribution in [-0.4, -0.2) is 56.3 Å². The van der Waals surface area contributed by atoms with Crippen LogP contribution in [0.4, 0.5) is 0 Å². The van der Waals surface area contributed by atoms with Gasteiger partial charge in [0.1, 0.15) is 0 Å². The lowest BCUT2D eigenvalue weighted by Gasteiger charge is -2.28. The van der Waals surface area contributed by atoms with E-state index in [4.69, 9.17) is 0 Å². The largest absolute Gasteiger partial charge is 0.350 e. The van der Waals surface area contributed by atoms with E-state index in [9.17, 15) is 13.2 Å². The number of nitrogens with one attached hydrogen (secondary N) is 1. The summed E-state index contributed by atoms with van der Waals surface area (Å²) in [5.41, 5.74) is 1.57. The molecule has 0 saturated carbocycles. The Balaban J connectivity index is 1.47. The summed E-state index contributed by atoms with van der Waals surface area (Å²) in [7, 11) is -3.58. The number of carbonyl (C=O) groups is 1. The summed E-state index contributed by atoms with van der Waals surface area (Å²) in [6.07, 6.45) is 6.25. The molecule has 1 N–H and O–H groups in total. The van der Waals surface area contributed by atoms with Crippen LogP contribution in [0, 0.1) is 0 Å². The Morgan fingerprint density at radius 1 is 0.844 bits per heavy atom. The second kappa shape index (κ2) is 10.6. The second-order valence-electron chi connectivity index (χ2n) is 8.73. The summed E-state index contributed by atoms with van der Waals surface area (Å²) in [5.74, 6) is -0.238. The molecule has 0 spiro atoms. The fraction of sp³-hybridized carbons (Fsp3) is 0.480. The SMILES string of the molecule is O=C(NCC(c1ccccc1)N1CCCC1)c1cccc(S(=O)(=O)N2CCCCCC2)c1. The van der Waals surface area contributed by atoms with Gasteiger partial charge in [-0.15, -0.1) is 0 Å². The van der Waals surface area contributed by atoms with Crippen molar-refractivity contribution in [3.05, 3.63) is 65.7 Å². The van der Waals surface area contributed by atoms with E-state index in [0.717, 1.165) is 38.8 Å². The Hall–Kier alpha value is -2.22.